The third-order valence-corrected chi connectivity index (χ3v) is 7.08. The van der Waals surface area contributed by atoms with Crippen LogP contribution in [0.25, 0.3) is 0 Å². The average Bonchev–Trinajstić information content (AvgIpc) is 2.83. The SMILES string of the molecule is [O-][NH+](O)c1c(N2CCCCC2)c([NH+]([O-])O)c(N2CCCCC2)c([NH+]([O-])O)c1N1CCCCC1. The van der Waals surface area contributed by atoms with Gasteiger partial charge in [0.2, 0.25) is 17.1 Å². The van der Waals surface area contributed by atoms with Crippen molar-refractivity contribution in [1.29, 1.82) is 0 Å². The van der Waals surface area contributed by atoms with Crippen molar-refractivity contribution >= 4 is 34.1 Å². The Balaban J connectivity index is 2.06. The van der Waals surface area contributed by atoms with E-state index >= 15 is 0 Å². The van der Waals surface area contributed by atoms with E-state index in [2.05, 4.69) is 0 Å². The molecule has 3 fully saturated rings. The summed E-state index contributed by atoms with van der Waals surface area (Å²) in [4.78, 5) is 5.59. The van der Waals surface area contributed by atoms with Crippen LogP contribution in [0.1, 0.15) is 57.8 Å². The van der Waals surface area contributed by atoms with E-state index in [1.807, 2.05) is 14.7 Å². The van der Waals surface area contributed by atoms with Crippen molar-refractivity contribution in [3.63, 3.8) is 0 Å². The van der Waals surface area contributed by atoms with Gasteiger partial charge in [0, 0.05) is 39.3 Å². The number of anilines is 3. The molecule has 3 atom stereocenters. The van der Waals surface area contributed by atoms with Crippen molar-refractivity contribution in [1.82, 2.24) is 0 Å². The molecule has 6 N–H and O–H groups in total. The standard InChI is InChI=1S/C21H36N6O6/c28-25(29)19-16(22-10-4-1-5-11-22)20(26(30)31)18(24-14-8-3-9-15-24)21(27(32)33)17(19)23-12-6-2-7-13-23/h25-28,30,32H,1-15H2. The second-order valence-electron chi connectivity index (χ2n) is 9.23. The molecule has 0 aromatic heterocycles. The van der Waals surface area contributed by atoms with Gasteiger partial charge in [0.15, 0.2) is 17.1 Å². The molecule has 0 aliphatic carbocycles. The Hall–Kier alpha value is -1.74. The summed E-state index contributed by atoms with van der Waals surface area (Å²) in [6.07, 6.45) is 8.08. The molecule has 3 aliphatic rings. The normalized spacial score (nSPS) is 22.9. The summed E-state index contributed by atoms with van der Waals surface area (Å²) < 4.78 is 0. The summed E-state index contributed by atoms with van der Waals surface area (Å²) in [5.74, 6) is 0. The van der Waals surface area contributed by atoms with Gasteiger partial charge in [-0.3, -0.25) is 0 Å². The average molecular weight is 469 g/mol. The second kappa shape index (κ2) is 10.7. The number of hydrogen-bond acceptors (Lipinski definition) is 9. The van der Waals surface area contributed by atoms with Gasteiger partial charge in [0.25, 0.3) is 0 Å². The predicted octanol–water partition coefficient (Wildman–Crippen LogP) is -0.132. The predicted molar refractivity (Wildman–Crippen MR) is 122 cm³/mol. The first-order valence-corrected chi connectivity index (χ1v) is 12.1. The molecule has 33 heavy (non-hydrogen) atoms. The van der Waals surface area contributed by atoms with Gasteiger partial charge in [0.1, 0.15) is 0 Å². The van der Waals surface area contributed by atoms with Crippen molar-refractivity contribution < 1.29 is 31.3 Å². The number of hydrogen-bond donors (Lipinski definition) is 6. The number of rotatable bonds is 6. The van der Waals surface area contributed by atoms with Crippen LogP contribution < -0.4 is 30.4 Å². The van der Waals surface area contributed by atoms with Gasteiger partial charge in [-0.25, -0.2) is 15.6 Å². The van der Waals surface area contributed by atoms with Gasteiger partial charge in [-0.1, -0.05) is 0 Å². The molecule has 4 rings (SSSR count). The lowest BCUT2D eigenvalue weighted by atomic mass is 10.00. The summed E-state index contributed by atoms with van der Waals surface area (Å²) in [7, 11) is 0. The molecule has 12 nitrogen and oxygen atoms in total. The van der Waals surface area contributed by atoms with Crippen molar-refractivity contribution in [2.24, 2.45) is 0 Å². The maximum absolute atomic E-state index is 12.7. The zero-order valence-electron chi connectivity index (χ0n) is 19.0. The lowest BCUT2D eigenvalue weighted by molar-refractivity contribution is -0.999. The quantitative estimate of drug-likeness (QED) is 0.313. The molecular formula is C21H36N6O6. The Kier molecular flexibility index (Phi) is 7.89. The Morgan fingerprint density at radius 3 is 0.818 bits per heavy atom. The van der Waals surface area contributed by atoms with Gasteiger partial charge in [-0.2, -0.15) is 15.7 Å². The molecule has 3 heterocycles. The van der Waals surface area contributed by atoms with E-state index in [1.54, 1.807) is 0 Å². The monoisotopic (exact) mass is 468 g/mol. The number of quaternary nitrogens is 3. The molecule has 3 saturated heterocycles. The summed E-state index contributed by atoms with van der Waals surface area (Å²) in [6.45, 7) is 3.37. The fourth-order valence-electron chi connectivity index (χ4n) is 5.62. The van der Waals surface area contributed by atoms with Crippen LogP contribution >= 0.6 is 0 Å². The van der Waals surface area contributed by atoms with Crippen LogP contribution in [0.5, 0.6) is 0 Å². The van der Waals surface area contributed by atoms with Crippen LogP contribution in [0.4, 0.5) is 34.1 Å². The fraction of sp³-hybridized carbons (Fsp3) is 0.714. The van der Waals surface area contributed by atoms with Crippen molar-refractivity contribution in [2.45, 2.75) is 57.8 Å². The van der Waals surface area contributed by atoms with E-state index in [4.69, 9.17) is 0 Å². The minimum absolute atomic E-state index is 0.172. The van der Waals surface area contributed by atoms with Gasteiger partial charge < -0.3 is 30.3 Å². The molecule has 0 bridgehead atoms. The highest BCUT2D eigenvalue weighted by molar-refractivity contribution is 6.01. The van der Waals surface area contributed by atoms with Crippen molar-refractivity contribution in [3.8, 4) is 0 Å². The van der Waals surface area contributed by atoms with E-state index < -0.39 is 15.7 Å². The first kappa shape index (κ1) is 24.4. The molecule has 0 spiro atoms. The van der Waals surface area contributed by atoms with E-state index in [1.165, 1.54) is 0 Å². The maximum atomic E-state index is 12.7. The van der Waals surface area contributed by atoms with E-state index in [0.717, 1.165) is 57.8 Å². The summed E-state index contributed by atoms with van der Waals surface area (Å²) in [5.41, 5.74) is 0.0284. The van der Waals surface area contributed by atoms with Gasteiger partial charge in [-0.05, 0) is 57.8 Å². The van der Waals surface area contributed by atoms with Crippen molar-refractivity contribution in [3.05, 3.63) is 15.6 Å². The minimum Gasteiger partial charge on any atom is -0.595 e. The second-order valence-corrected chi connectivity index (χ2v) is 9.23. The highest BCUT2D eigenvalue weighted by Gasteiger charge is 2.42. The van der Waals surface area contributed by atoms with E-state index in [0.29, 0.717) is 39.3 Å². The van der Waals surface area contributed by atoms with Gasteiger partial charge in [0.05, 0.1) is 0 Å². The molecule has 186 valence electrons. The number of nitrogens with zero attached hydrogens (tertiary/aromatic N) is 3. The molecule has 0 amide bonds. The van der Waals surface area contributed by atoms with Crippen LogP contribution in [0, 0.1) is 15.6 Å². The fourth-order valence-corrected chi connectivity index (χ4v) is 5.62. The molecule has 3 unspecified atom stereocenters. The highest BCUT2D eigenvalue weighted by Crippen LogP contribution is 2.51. The molecule has 3 aliphatic heterocycles. The zero-order valence-corrected chi connectivity index (χ0v) is 19.0. The Morgan fingerprint density at radius 2 is 0.636 bits per heavy atom. The summed E-state index contributed by atoms with van der Waals surface area (Å²) >= 11 is 0. The Bertz CT molecular complexity index is 679. The topological polar surface area (TPSA) is 153 Å². The number of benzene rings is 1. The Labute approximate surface area is 193 Å². The lowest BCUT2D eigenvalue weighted by Gasteiger charge is -2.40. The third-order valence-electron chi connectivity index (χ3n) is 7.08. The first-order chi connectivity index (χ1) is 15.9. The molecule has 12 heteroatoms. The molecular weight excluding hydrogens is 432 g/mol. The Morgan fingerprint density at radius 1 is 0.424 bits per heavy atom. The van der Waals surface area contributed by atoms with Crippen LogP contribution in [-0.4, -0.2) is 54.9 Å². The lowest BCUT2D eigenvalue weighted by Crippen LogP contribution is -3.03. The van der Waals surface area contributed by atoms with Crippen LogP contribution in [0.2, 0.25) is 0 Å². The van der Waals surface area contributed by atoms with Gasteiger partial charge in [-0.15, -0.1) is 0 Å². The van der Waals surface area contributed by atoms with E-state index in [9.17, 15) is 31.2 Å². The minimum atomic E-state index is -1.27. The smallest absolute Gasteiger partial charge is 0.223 e. The number of nitrogens with one attached hydrogen (secondary N) is 3. The first-order valence-electron chi connectivity index (χ1n) is 12.1. The highest BCUT2D eigenvalue weighted by atomic mass is 16.8. The van der Waals surface area contributed by atoms with Crippen molar-refractivity contribution in [2.75, 3.05) is 54.0 Å². The van der Waals surface area contributed by atoms with Gasteiger partial charge >= 0.3 is 0 Å². The zero-order chi connectivity index (χ0) is 23.5. The number of piperidine rings is 3. The molecule has 0 radical (unpaired) electrons. The van der Waals surface area contributed by atoms with E-state index in [-0.39, 0.29) is 34.1 Å². The molecule has 1 aromatic rings. The maximum Gasteiger partial charge on any atom is 0.223 e. The molecule has 1 aromatic carbocycles. The van der Waals surface area contributed by atoms with Crippen LogP contribution in [-0.2, 0) is 0 Å². The third kappa shape index (κ3) is 4.90. The van der Waals surface area contributed by atoms with Crippen LogP contribution in [0.15, 0.2) is 0 Å². The molecule has 0 saturated carbocycles. The summed E-state index contributed by atoms with van der Waals surface area (Å²) in [5, 5.41) is 65.4. The largest absolute Gasteiger partial charge is 0.595 e. The summed E-state index contributed by atoms with van der Waals surface area (Å²) in [6, 6.07) is 0. The van der Waals surface area contributed by atoms with Crippen LogP contribution in [0.3, 0.4) is 0 Å².